The smallest absolute Gasteiger partial charge is 0.0949 e. The molecule has 0 radical (unpaired) electrons. The Morgan fingerprint density at radius 3 is 3.00 bits per heavy atom. The van der Waals surface area contributed by atoms with Crippen molar-refractivity contribution in [3.8, 4) is 0 Å². The van der Waals surface area contributed by atoms with E-state index in [4.69, 9.17) is 0 Å². The van der Waals surface area contributed by atoms with Crippen LogP contribution >= 0.6 is 0 Å². The Hall–Kier alpha value is -0.870. The van der Waals surface area contributed by atoms with Gasteiger partial charge in [0.2, 0.25) is 0 Å². The highest BCUT2D eigenvalue weighted by Crippen LogP contribution is 2.28. The van der Waals surface area contributed by atoms with Crippen LogP contribution in [-0.2, 0) is 0 Å². The molecular weight excluding hydrogens is 178 g/mol. The molecule has 0 amide bonds. The number of aliphatic hydroxyl groups is 1. The minimum atomic E-state index is -0.303. The van der Waals surface area contributed by atoms with E-state index < -0.39 is 0 Å². The van der Waals surface area contributed by atoms with E-state index in [1.54, 1.807) is 12.5 Å². The summed E-state index contributed by atoms with van der Waals surface area (Å²) in [6.07, 6.45) is 8.42. The van der Waals surface area contributed by atoms with Crippen molar-refractivity contribution < 1.29 is 5.11 Å². The average Bonchev–Trinajstić information content (AvgIpc) is 2.71. The topological polar surface area (TPSA) is 50.1 Å². The molecule has 0 aromatic carbocycles. The van der Waals surface area contributed by atoms with Gasteiger partial charge >= 0.3 is 0 Å². The maximum Gasteiger partial charge on any atom is 0.0949 e. The fourth-order valence-corrected chi connectivity index (χ4v) is 2.26. The molecule has 0 saturated heterocycles. The van der Waals surface area contributed by atoms with Crippen LogP contribution in [0.15, 0.2) is 18.7 Å². The number of aromatic nitrogens is 2. The Morgan fingerprint density at radius 2 is 2.36 bits per heavy atom. The molecule has 1 fully saturated rings. The number of nitrogens with one attached hydrogen (secondary N) is 1. The van der Waals surface area contributed by atoms with E-state index in [-0.39, 0.29) is 18.2 Å². The summed E-state index contributed by atoms with van der Waals surface area (Å²) in [5.74, 6) is 0. The molecule has 4 heteroatoms. The Bertz CT molecular complexity index is 273. The Labute approximate surface area is 84.0 Å². The summed E-state index contributed by atoms with van der Waals surface area (Å²) in [4.78, 5) is 4.01. The molecule has 1 aromatic rings. The van der Waals surface area contributed by atoms with Crippen molar-refractivity contribution in [3.05, 3.63) is 18.7 Å². The van der Waals surface area contributed by atoms with E-state index in [1.807, 2.05) is 17.8 Å². The zero-order chi connectivity index (χ0) is 9.97. The van der Waals surface area contributed by atoms with Crippen molar-refractivity contribution in [2.45, 2.75) is 37.5 Å². The van der Waals surface area contributed by atoms with E-state index in [2.05, 4.69) is 10.3 Å². The van der Waals surface area contributed by atoms with Crippen LogP contribution in [0.4, 0.5) is 0 Å². The van der Waals surface area contributed by atoms with Crippen molar-refractivity contribution in [3.63, 3.8) is 0 Å². The summed E-state index contributed by atoms with van der Waals surface area (Å²) in [5.41, 5.74) is 0. The van der Waals surface area contributed by atoms with Gasteiger partial charge in [-0.25, -0.2) is 4.98 Å². The number of hydrogen-bond acceptors (Lipinski definition) is 3. The largest absolute Gasteiger partial charge is 0.389 e. The number of nitrogens with zero attached hydrogens (tertiary/aromatic N) is 2. The lowest BCUT2D eigenvalue weighted by Gasteiger charge is -2.35. The van der Waals surface area contributed by atoms with Crippen LogP contribution in [0.25, 0.3) is 0 Å². The molecule has 1 aromatic heterocycles. The lowest BCUT2D eigenvalue weighted by molar-refractivity contribution is 0.0458. The van der Waals surface area contributed by atoms with Crippen LogP contribution in [0.1, 0.15) is 25.3 Å². The van der Waals surface area contributed by atoms with Gasteiger partial charge in [-0.1, -0.05) is 0 Å². The summed E-state index contributed by atoms with van der Waals surface area (Å²) in [6.45, 7) is 0. The molecule has 1 aliphatic carbocycles. The molecule has 78 valence electrons. The molecular formula is C10H17N3O. The minimum absolute atomic E-state index is 0.184. The van der Waals surface area contributed by atoms with Crippen LogP contribution in [0.2, 0.25) is 0 Å². The third kappa shape index (κ3) is 1.67. The van der Waals surface area contributed by atoms with E-state index in [1.165, 1.54) is 0 Å². The van der Waals surface area contributed by atoms with E-state index in [9.17, 15) is 5.11 Å². The summed E-state index contributed by atoms with van der Waals surface area (Å²) in [6, 6.07) is 0.403. The fourth-order valence-electron chi connectivity index (χ4n) is 2.26. The van der Waals surface area contributed by atoms with Crippen molar-refractivity contribution in [2.24, 2.45) is 0 Å². The van der Waals surface area contributed by atoms with Crippen LogP contribution in [0.3, 0.4) is 0 Å². The Balaban J connectivity index is 2.11. The average molecular weight is 195 g/mol. The van der Waals surface area contributed by atoms with E-state index in [0.717, 1.165) is 19.3 Å². The molecule has 14 heavy (non-hydrogen) atoms. The maximum atomic E-state index is 10.1. The molecule has 0 unspecified atom stereocenters. The van der Waals surface area contributed by atoms with Crippen molar-refractivity contribution in [2.75, 3.05) is 7.05 Å². The van der Waals surface area contributed by atoms with Gasteiger partial charge in [0, 0.05) is 18.4 Å². The lowest BCUT2D eigenvalue weighted by atomic mass is 9.88. The van der Waals surface area contributed by atoms with Crippen molar-refractivity contribution in [1.29, 1.82) is 0 Å². The maximum absolute atomic E-state index is 10.1. The molecule has 4 nitrogen and oxygen atoms in total. The summed E-state index contributed by atoms with van der Waals surface area (Å²) in [7, 11) is 1.91. The number of hydrogen-bond donors (Lipinski definition) is 2. The second kappa shape index (κ2) is 4.11. The van der Waals surface area contributed by atoms with Gasteiger partial charge in [-0.15, -0.1) is 0 Å². The minimum Gasteiger partial charge on any atom is -0.389 e. The summed E-state index contributed by atoms with van der Waals surface area (Å²) in [5, 5.41) is 13.3. The number of likely N-dealkylation sites (N-methyl/N-ethyl adjacent to an activating group) is 1. The number of rotatable bonds is 2. The van der Waals surface area contributed by atoms with Gasteiger partial charge in [0.1, 0.15) is 0 Å². The first-order valence-electron chi connectivity index (χ1n) is 5.15. The second-order valence-corrected chi connectivity index (χ2v) is 3.89. The standard InChI is InChI=1S/C10H17N3O/c1-11-8-3-2-4-9(10(8)14)13-6-5-12-7-13/h5-11,14H,2-4H2,1H3/t8-,9-,10-/m1/s1. The highest BCUT2D eigenvalue weighted by atomic mass is 16.3. The third-order valence-corrected chi connectivity index (χ3v) is 3.10. The quantitative estimate of drug-likeness (QED) is 0.725. The van der Waals surface area contributed by atoms with Gasteiger partial charge in [0.05, 0.1) is 18.5 Å². The zero-order valence-electron chi connectivity index (χ0n) is 8.43. The SMILES string of the molecule is CN[C@@H]1CCC[C@@H](n2ccnc2)[C@@H]1O. The highest BCUT2D eigenvalue weighted by molar-refractivity contribution is 4.92. The van der Waals surface area contributed by atoms with Gasteiger partial charge in [-0.2, -0.15) is 0 Å². The van der Waals surface area contributed by atoms with E-state index in [0.29, 0.717) is 0 Å². The number of imidazole rings is 1. The molecule has 3 atom stereocenters. The van der Waals surface area contributed by atoms with Crippen molar-refractivity contribution in [1.82, 2.24) is 14.9 Å². The second-order valence-electron chi connectivity index (χ2n) is 3.89. The molecule has 2 N–H and O–H groups in total. The van der Waals surface area contributed by atoms with Gasteiger partial charge in [0.15, 0.2) is 0 Å². The first-order valence-corrected chi connectivity index (χ1v) is 5.15. The van der Waals surface area contributed by atoms with Crippen LogP contribution < -0.4 is 5.32 Å². The Morgan fingerprint density at radius 1 is 1.50 bits per heavy atom. The van der Waals surface area contributed by atoms with Crippen LogP contribution in [-0.4, -0.2) is 33.9 Å². The van der Waals surface area contributed by atoms with Crippen LogP contribution in [0.5, 0.6) is 0 Å². The summed E-state index contributed by atoms with van der Waals surface area (Å²) >= 11 is 0. The first-order chi connectivity index (χ1) is 6.83. The van der Waals surface area contributed by atoms with Crippen LogP contribution in [0, 0.1) is 0 Å². The predicted octanol–water partition coefficient (Wildman–Crippen LogP) is 0.557. The molecule has 1 saturated carbocycles. The normalized spacial score (nSPS) is 33.1. The predicted molar refractivity (Wildman–Crippen MR) is 54.0 cm³/mol. The molecule has 0 spiro atoms. The van der Waals surface area contributed by atoms with Gasteiger partial charge < -0.3 is 15.0 Å². The van der Waals surface area contributed by atoms with Gasteiger partial charge in [-0.05, 0) is 26.3 Å². The molecule has 0 aliphatic heterocycles. The highest BCUT2D eigenvalue weighted by Gasteiger charge is 2.31. The summed E-state index contributed by atoms with van der Waals surface area (Å²) < 4.78 is 2.01. The zero-order valence-corrected chi connectivity index (χ0v) is 8.43. The fraction of sp³-hybridized carbons (Fsp3) is 0.700. The van der Waals surface area contributed by atoms with Crippen molar-refractivity contribution >= 4 is 0 Å². The molecule has 0 bridgehead atoms. The van der Waals surface area contributed by atoms with E-state index >= 15 is 0 Å². The molecule has 1 heterocycles. The van der Waals surface area contributed by atoms with Gasteiger partial charge in [-0.3, -0.25) is 0 Å². The monoisotopic (exact) mass is 195 g/mol. The first kappa shape index (κ1) is 9.68. The van der Waals surface area contributed by atoms with Gasteiger partial charge in [0.25, 0.3) is 0 Å². The Kier molecular flexibility index (Phi) is 2.84. The molecule has 1 aliphatic rings. The molecule has 2 rings (SSSR count). The lowest BCUT2D eigenvalue weighted by Crippen LogP contribution is -2.45. The third-order valence-electron chi connectivity index (χ3n) is 3.10. The number of aliphatic hydroxyl groups excluding tert-OH is 1.